The molecule has 70 valence electrons. The average Bonchev–Trinajstić information content (AvgIpc) is 1.96. The molecule has 0 nitrogen and oxygen atoms in total. The highest BCUT2D eigenvalue weighted by atomic mass is 35.5. The Bertz CT molecular complexity index is 329. The highest BCUT2D eigenvalue weighted by Gasteiger charge is 2.01. The van der Waals surface area contributed by atoms with Crippen LogP contribution in [0.25, 0.3) is 0 Å². The minimum absolute atomic E-state index is 0.398. The van der Waals surface area contributed by atoms with Crippen molar-refractivity contribution in [1.29, 1.82) is 0 Å². The van der Waals surface area contributed by atoms with Gasteiger partial charge in [-0.2, -0.15) is 0 Å². The lowest BCUT2D eigenvalue weighted by atomic mass is 10.1. The molecule has 13 heavy (non-hydrogen) atoms. The molecule has 0 N–H and O–H groups in total. The van der Waals surface area contributed by atoms with Crippen LogP contribution >= 0.6 is 31.4 Å². The molecule has 0 fully saturated rings. The lowest BCUT2D eigenvalue weighted by molar-refractivity contribution is 1.36. The smallest absolute Gasteiger partial charge is 0.0654 e. The molecule has 0 aliphatic heterocycles. The molecule has 0 spiro atoms. The maximum absolute atomic E-state index is 5.67. The van der Waals surface area contributed by atoms with Crippen LogP contribution in [0.15, 0.2) is 12.1 Å². The SMILES string of the molecule is Cc1cc(C)c(P=C(Cl)Cl)c(C)c1. The third-order valence-electron chi connectivity index (χ3n) is 1.83. The van der Waals surface area contributed by atoms with Crippen LogP contribution < -0.4 is 5.30 Å². The minimum Gasteiger partial charge on any atom is -0.0654 e. The van der Waals surface area contributed by atoms with Crippen molar-refractivity contribution in [2.75, 3.05) is 0 Å². The van der Waals surface area contributed by atoms with E-state index in [1.54, 1.807) is 0 Å². The first-order valence-corrected chi connectivity index (χ1v) is 5.63. The summed E-state index contributed by atoms with van der Waals surface area (Å²) in [6.45, 7) is 6.25. The zero-order valence-corrected chi connectivity index (χ0v) is 10.3. The van der Waals surface area contributed by atoms with E-state index in [1.807, 2.05) is 0 Å². The van der Waals surface area contributed by atoms with Crippen LogP contribution in [0.2, 0.25) is 0 Å². The van der Waals surface area contributed by atoms with Crippen molar-refractivity contribution in [3.8, 4) is 0 Å². The summed E-state index contributed by atoms with van der Waals surface area (Å²) in [6.07, 6.45) is 0. The van der Waals surface area contributed by atoms with E-state index in [1.165, 1.54) is 22.0 Å². The first kappa shape index (κ1) is 11.0. The van der Waals surface area contributed by atoms with Crippen molar-refractivity contribution in [2.24, 2.45) is 0 Å². The van der Waals surface area contributed by atoms with Crippen LogP contribution in [0.4, 0.5) is 0 Å². The van der Waals surface area contributed by atoms with Gasteiger partial charge in [0.1, 0.15) is 4.21 Å². The molecular weight excluding hydrogens is 222 g/mol. The Morgan fingerprint density at radius 2 is 1.54 bits per heavy atom. The van der Waals surface area contributed by atoms with Gasteiger partial charge in [0.25, 0.3) is 0 Å². The van der Waals surface area contributed by atoms with Crippen molar-refractivity contribution in [1.82, 2.24) is 0 Å². The molecular formula is C10H11Cl2P. The molecule has 0 heterocycles. The quantitative estimate of drug-likeness (QED) is 0.648. The molecule has 0 atom stereocenters. The number of hydrogen-bond acceptors (Lipinski definition) is 0. The van der Waals surface area contributed by atoms with Gasteiger partial charge in [-0.05, 0) is 40.1 Å². The molecule has 0 saturated carbocycles. The first-order valence-electron chi connectivity index (χ1n) is 3.98. The normalized spacial score (nSPS) is 10.5. The van der Waals surface area contributed by atoms with Crippen molar-refractivity contribution >= 4 is 40.9 Å². The molecule has 0 unspecified atom stereocenters. The Morgan fingerprint density at radius 3 is 1.92 bits per heavy atom. The summed E-state index contributed by atoms with van der Waals surface area (Å²) in [6, 6.07) is 4.29. The van der Waals surface area contributed by atoms with Gasteiger partial charge in [0.05, 0.1) is 0 Å². The van der Waals surface area contributed by atoms with E-state index in [4.69, 9.17) is 23.2 Å². The topological polar surface area (TPSA) is 0 Å². The summed E-state index contributed by atoms with van der Waals surface area (Å²) in [4.78, 5) is 0. The molecule has 0 bridgehead atoms. The van der Waals surface area contributed by atoms with E-state index in [-0.39, 0.29) is 0 Å². The van der Waals surface area contributed by atoms with Gasteiger partial charge < -0.3 is 0 Å². The third kappa shape index (κ3) is 2.98. The number of hydrogen-bond donors (Lipinski definition) is 0. The lowest BCUT2D eigenvalue weighted by Crippen LogP contribution is -2.04. The predicted molar refractivity (Wildman–Crippen MR) is 63.9 cm³/mol. The van der Waals surface area contributed by atoms with Gasteiger partial charge in [0.15, 0.2) is 0 Å². The van der Waals surface area contributed by atoms with Gasteiger partial charge in [-0.15, -0.1) is 0 Å². The van der Waals surface area contributed by atoms with E-state index in [0.717, 1.165) is 8.20 Å². The Hall–Kier alpha value is -0.0300. The van der Waals surface area contributed by atoms with E-state index in [2.05, 4.69) is 32.9 Å². The van der Waals surface area contributed by atoms with Crippen molar-refractivity contribution in [3.63, 3.8) is 0 Å². The fraction of sp³-hybridized carbons (Fsp3) is 0.300. The summed E-state index contributed by atoms with van der Waals surface area (Å²) in [7, 11) is 0.905. The third-order valence-corrected chi connectivity index (χ3v) is 3.44. The van der Waals surface area contributed by atoms with E-state index in [0.29, 0.717) is 4.21 Å². The molecule has 1 aromatic carbocycles. The molecule has 0 aliphatic carbocycles. The average molecular weight is 233 g/mol. The maximum Gasteiger partial charge on any atom is 0.133 e. The number of benzene rings is 1. The van der Waals surface area contributed by atoms with Crippen LogP contribution in [0.3, 0.4) is 0 Å². The summed E-state index contributed by atoms with van der Waals surface area (Å²) in [5, 5.41) is 1.21. The molecule has 0 saturated heterocycles. The summed E-state index contributed by atoms with van der Waals surface area (Å²) in [5.41, 5.74) is 3.77. The molecule has 0 aromatic heterocycles. The van der Waals surface area contributed by atoms with Gasteiger partial charge in [-0.25, -0.2) is 0 Å². The Morgan fingerprint density at radius 1 is 1.08 bits per heavy atom. The number of rotatable bonds is 1. The van der Waals surface area contributed by atoms with Crippen molar-refractivity contribution in [3.05, 3.63) is 28.8 Å². The second kappa shape index (κ2) is 4.46. The molecule has 0 aliphatic rings. The zero-order chi connectivity index (χ0) is 10.0. The Kier molecular flexibility index (Phi) is 3.79. The summed E-state index contributed by atoms with van der Waals surface area (Å²) >= 11 is 11.3. The van der Waals surface area contributed by atoms with E-state index < -0.39 is 0 Å². The van der Waals surface area contributed by atoms with Crippen LogP contribution in [0, 0.1) is 20.8 Å². The number of aryl methyl sites for hydroxylation is 3. The van der Waals surface area contributed by atoms with Gasteiger partial charge in [-0.3, -0.25) is 0 Å². The van der Waals surface area contributed by atoms with Crippen LogP contribution in [-0.4, -0.2) is 4.21 Å². The first-order chi connectivity index (χ1) is 6.00. The summed E-state index contributed by atoms with van der Waals surface area (Å²) < 4.78 is 0.398. The molecule has 0 radical (unpaired) electrons. The van der Waals surface area contributed by atoms with Gasteiger partial charge in [0.2, 0.25) is 0 Å². The zero-order valence-electron chi connectivity index (χ0n) is 7.86. The Balaban J connectivity index is 3.29. The molecule has 0 amide bonds. The van der Waals surface area contributed by atoms with E-state index >= 15 is 0 Å². The fourth-order valence-electron chi connectivity index (χ4n) is 1.43. The minimum atomic E-state index is 0.398. The fourth-order valence-corrected chi connectivity index (χ4v) is 2.59. The van der Waals surface area contributed by atoms with Crippen LogP contribution in [0.1, 0.15) is 16.7 Å². The van der Waals surface area contributed by atoms with Crippen LogP contribution in [-0.2, 0) is 0 Å². The van der Waals surface area contributed by atoms with Gasteiger partial charge in [-0.1, -0.05) is 40.9 Å². The maximum atomic E-state index is 5.67. The monoisotopic (exact) mass is 232 g/mol. The van der Waals surface area contributed by atoms with Crippen molar-refractivity contribution in [2.45, 2.75) is 20.8 Å². The second-order valence-electron chi connectivity index (χ2n) is 3.10. The summed E-state index contributed by atoms with van der Waals surface area (Å²) in [5.74, 6) is 0. The van der Waals surface area contributed by atoms with Crippen molar-refractivity contribution < 1.29 is 0 Å². The standard InChI is InChI=1S/C10H11Cl2P/c1-6-4-7(2)9(8(3)5-6)13-10(11)12/h4-5H,1-3H3. The Labute approximate surface area is 90.7 Å². The van der Waals surface area contributed by atoms with Crippen LogP contribution in [0.5, 0.6) is 0 Å². The second-order valence-corrected chi connectivity index (χ2v) is 5.69. The molecule has 1 aromatic rings. The van der Waals surface area contributed by atoms with Gasteiger partial charge in [0, 0.05) is 5.30 Å². The lowest BCUT2D eigenvalue weighted by Gasteiger charge is -2.05. The number of halogens is 2. The molecule has 1 rings (SSSR count). The van der Waals surface area contributed by atoms with Gasteiger partial charge >= 0.3 is 0 Å². The predicted octanol–water partition coefficient (Wildman–Crippen LogP) is 3.75. The highest BCUT2D eigenvalue weighted by Crippen LogP contribution is 2.15. The molecule has 3 heteroatoms. The van der Waals surface area contributed by atoms with E-state index in [9.17, 15) is 0 Å². The largest absolute Gasteiger partial charge is 0.133 e. The highest BCUT2D eigenvalue weighted by molar-refractivity contribution is 7.59.